The molecule has 3 rings (SSSR count). The van der Waals surface area contributed by atoms with Crippen LogP contribution in [0.15, 0.2) is 97.1 Å². The lowest BCUT2D eigenvalue weighted by atomic mass is 10.1. The summed E-state index contributed by atoms with van der Waals surface area (Å²) in [6, 6.07) is 29.5. The van der Waals surface area contributed by atoms with E-state index in [9.17, 15) is 0 Å². The lowest BCUT2D eigenvalue weighted by molar-refractivity contribution is -0.101. The number of hydrogen-bond donors (Lipinski definition) is 0. The van der Waals surface area contributed by atoms with Gasteiger partial charge in [0, 0.05) is 20.1 Å². The summed E-state index contributed by atoms with van der Waals surface area (Å²) < 4.78 is 38.0. The SMILES string of the molecule is C#CCC[C@@H](OCOC)[C@@H](/C=C/[C@@H](CCCCOCc1ccc(OC)cc1)O[Si](C)(C)C(C)(C)C)O[Si](c1ccccc1)(c1ccccc1)C(C)(C)C. The molecule has 290 valence electrons. The Hall–Kier alpha value is -3.01. The number of hydrogen-bond acceptors (Lipinski definition) is 6. The van der Waals surface area contributed by atoms with Gasteiger partial charge in [-0.15, -0.1) is 12.3 Å². The van der Waals surface area contributed by atoms with E-state index in [1.807, 2.05) is 24.3 Å². The van der Waals surface area contributed by atoms with E-state index in [1.54, 1.807) is 14.2 Å². The molecule has 0 saturated heterocycles. The van der Waals surface area contributed by atoms with Crippen molar-refractivity contribution in [3.63, 3.8) is 0 Å². The maximum Gasteiger partial charge on any atom is 0.262 e. The molecule has 0 radical (unpaired) electrons. The van der Waals surface area contributed by atoms with Crippen molar-refractivity contribution in [2.24, 2.45) is 0 Å². The van der Waals surface area contributed by atoms with Gasteiger partial charge in [-0.1, -0.05) is 126 Å². The van der Waals surface area contributed by atoms with Gasteiger partial charge in [0.05, 0.1) is 32.0 Å². The fourth-order valence-electron chi connectivity index (χ4n) is 6.30. The molecule has 3 aromatic rings. The smallest absolute Gasteiger partial charge is 0.262 e. The third-order valence-corrected chi connectivity index (χ3v) is 19.8. The van der Waals surface area contributed by atoms with Crippen molar-refractivity contribution in [2.45, 2.75) is 122 Å². The second-order valence-electron chi connectivity index (χ2n) is 16.3. The van der Waals surface area contributed by atoms with Crippen molar-refractivity contribution in [3.8, 4) is 18.1 Å². The molecule has 0 amide bonds. The van der Waals surface area contributed by atoms with Crippen molar-refractivity contribution in [1.29, 1.82) is 0 Å². The first-order valence-corrected chi connectivity index (χ1v) is 23.9. The van der Waals surface area contributed by atoms with Crippen LogP contribution in [0.5, 0.6) is 5.75 Å². The van der Waals surface area contributed by atoms with Gasteiger partial charge in [0.15, 0.2) is 8.32 Å². The molecule has 0 N–H and O–H groups in total. The molecular formula is C45H66O6Si2. The highest BCUT2D eigenvalue weighted by Crippen LogP contribution is 2.40. The first-order chi connectivity index (χ1) is 25.2. The zero-order valence-electron chi connectivity index (χ0n) is 34.2. The molecular weight excluding hydrogens is 693 g/mol. The van der Waals surface area contributed by atoms with Gasteiger partial charge >= 0.3 is 0 Å². The van der Waals surface area contributed by atoms with E-state index in [0.29, 0.717) is 26.1 Å². The van der Waals surface area contributed by atoms with Gasteiger partial charge in [-0.3, -0.25) is 0 Å². The Kier molecular flexibility index (Phi) is 17.7. The van der Waals surface area contributed by atoms with Crippen LogP contribution in [0.25, 0.3) is 0 Å². The second kappa shape index (κ2) is 21.2. The number of unbranched alkanes of at least 4 members (excludes halogenated alkanes) is 1. The zero-order chi connectivity index (χ0) is 39.0. The topological polar surface area (TPSA) is 55.4 Å². The summed E-state index contributed by atoms with van der Waals surface area (Å²) in [5, 5.41) is 2.26. The Labute approximate surface area is 323 Å². The highest BCUT2D eigenvalue weighted by molar-refractivity contribution is 6.99. The molecule has 0 aliphatic heterocycles. The van der Waals surface area contributed by atoms with Gasteiger partial charge in [-0.25, -0.2) is 0 Å². The van der Waals surface area contributed by atoms with Crippen LogP contribution >= 0.6 is 0 Å². The van der Waals surface area contributed by atoms with Crippen LogP contribution in [0.2, 0.25) is 23.2 Å². The van der Waals surface area contributed by atoms with Gasteiger partial charge in [-0.2, -0.15) is 0 Å². The minimum atomic E-state index is -2.96. The lowest BCUT2D eigenvalue weighted by Crippen LogP contribution is -2.68. The predicted molar refractivity (Wildman–Crippen MR) is 225 cm³/mol. The molecule has 0 bridgehead atoms. The van der Waals surface area contributed by atoms with Crippen molar-refractivity contribution in [2.75, 3.05) is 27.6 Å². The molecule has 0 saturated carbocycles. The largest absolute Gasteiger partial charge is 0.497 e. The Morgan fingerprint density at radius 1 is 0.736 bits per heavy atom. The maximum atomic E-state index is 7.72. The van der Waals surface area contributed by atoms with Crippen LogP contribution in [-0.2, 0) is 29.7 Å². The monoisotopic (exact) mass is 758 g/mol. The quantitative estimate of drug-likeness (QED) is 0.0335. The molecule has 3 atom stereocenters. The molecule has 8 heteroatoms. The normalized spacial score (nSPS) is 14.5. The molecule has 0 fully saturated rings. The van der Waals surface area contributed by atoms with E-state index in [4.69, 9.17) is 34.2 Å². The average Bonchev–Trinajstić information content (AvgIpc) is 3.13. The van der Waals surface area contributed by atoms with E-state index in [1.165, 1.54) is 10.4 Å². The van der Waals surface area contributed by atoms with Gasteiger partial charge in [-0.05, 0) is 76.9 Å². The Bertz CT molecular complexity index is 1480. The molecule has 3 aromatic carbocycles. The standard InChI is InChI=1S/C45H66O6Si2/c1-12-13-27-42(49-36-46-8)43(51-53(45(5,6)7,40-23-16-14-17-24-40)41-25-18-15-19-26-41)33-32-39(50-52(10,11)44(2,3)4)22-20-21-34-48-35-37-28-30-38(47-9)31-29-37/h1,14-19,23-26,28-33,39,42-43H,13,20-22,27,34-36H2,2-11H3/b33-32+/t39-,42-,43-/m1/s1. The third-order valence-electron chi connectivity index (χ3n) is 10.3. The number of benzene rings is 3. The molecule has 0 unspecified atom stereocenters. The highest BCUT2D eigenvalue weighted by Gasteiger charge is 2.52. The molecule has 0 spiro atoms. The summed E-state index contributed by atoms with van der Waals surface area (Å²) in [6.45, 7) is 19.8. The average molecular weight is 759 g/mol. The first-order valence-electron chi connectivity index (χ1n) is 19.1. The van der Waals surface area contributed by atoms with E-state index in [2.05, 4.69) is 133 Å². The van der Waals surface area contributed by atoms with Gasteiger partial charge < -0.3 is 27.8 Å². The first kappa shape index (κ1) is 44.4. The van der Waals surface area contributed by atoms with Crippen molar-refractivity contribution >= 4 is 27.0 Å². The van der Waals surface area contributed by atoms with E-state index in [0.717, 1.165) is 30.6 Å². The Morgan fingerprint density at radius 3 is 1.85 bits per heavy atom. The van der Waals surface area contributed by atoms with Crippen LogP contribution in [0, 0.1) is 12.3 Å². The number of ether oxygens (including phenoxy) is 4. The van der Waals surface area contributed by atoms with E-state index >= 15 is 0 Å². The summed E-state index contributed by atoms with van der Waals surface area (Å²) in [7, 11) is -1.75. The van der Waals surface area contributed by atoms with Crippen LogP contribution in [0.1, 0.15) is 79.2 Å². The number of methoxy groups -OCH3 is 2. The fraction of sp³-hybridized carbons (Fsp3) is 0.511. The molecule has 53 heavy (non-hydrogen) atoms. The number of terminal acetylenes is 1. The zero-order valence-corrected chi connectivity index (χ0v) is 36.2. The highest BCUT2D eigenvalue weighted by atomic mass is 28.4. The summed E-state index contributed by atoms with van der Waals surface area (Å²) in [6.07, 6.45) is 13.4. The minimum Gasteiger partial charge on any atom is -0.497 e. The molecule has 0 aliphatic carbocycles. The third kappa shape index (κ3) is 13.1. The summed E-state index contributed by atoms with van der Waals surface area (Å²) in [5.41, 5.74) is 1.13. The van der Waals surface area contributed by atoms with Crippen LogP contribution < -0.4 is 15.1 Å². The van der Waals surface area contributed by atoms with Gasteiger partial charge in [0.1, 0.15) is 12.5 Å². The lowest BCUT2D eigenvalue weighted by Gasteiger charge is -2.46. The van der Waals surface area contributed by atoms with Crippen LogP contribution in [0.3, 0.4) is 0 Å². The van der Waals surface area contributed by atoms with E-state index in [-0.39, 0.29) is 29.1 Å². The summed E-state index contributed by atoms with van der Waals surface area (Å²) in [4.78, 5) is 0. The van der Waals surface area contributed by atoms with Crippen molar-refractivity contribution < 1.29 is 27.8 Å². The minimum absolute atomic E-state index is 0.0578. The molecule has 0 aliphatic rings. The Morgan fingerprint density at radius 2 is 1.34 bits per heavy atom. The summed E-state index contributed by atoms with van der Waals surface area (Å²) >= 11 is 0. The van der Waals surface area contributed by atoms with Crippen molar-refractivity contribution in [3.05, 3.63) is 103 Å². The Balaban J connectivity index is 1.99. The van der Waals surface area contributed by atoms with Gasteiger partial charge in [0.2, 0.25) is 0 Å². The second-order valence-corrected chi connectivity index (χ2v) is 25.3. The van der Waals surface area contributed by atoms with Crippen LogP contribution in [-0.4, -0.2) is 62.6 Å². The van der Waals surface area contributed by atoms with E-state index < -0.39 is 22.7 Å². The van der Waals surface area contributed by atoms with Crippen LogP contribution in [0.4, 0.5) is 0 Å². The van der Waals surface area contributed by atoms with Gasteiger partial charge in [0.25, 0.3) is 8.32 Å². The predicted octanol–water partition coefficient (Wildman–Crippen LogP) is 9.68. The fourth-order valence-corrected chi connectivity index (χ4v) is 12.3. The molecule has 6 nitrogen and oxygen atoms in total. The molecule has 0 aromatic heterocycles. The maximum absolute atomic E-state index is 7.72. The van der Waals surface area contributed by atoms with Crippen molar-refractivity contribution in [1.82, 2.24) is 0 Å². The number of rotatable bonds is 22. The summed E-state index contributed by atoms with van der Waals surface area (Å²) in [5.74, 6) is 3.68. The molecule has 0 heterocycles.